The van der Waals surface area contributed by atoms with E-state index in [0.29, 0.717) is 0 Å². The highest BCUT2D eigenvalue weighted by molar-refractivity contribution is 5.80. The summed E-state index contributed by atoms with van der Waals surface area (Å²) in [5.74, 6) is 6.42. The van der Waals surface area contributed by atoms with Crippen molar-refractivity contribution in [2.45, 2.75) is 41.5 Å². The van der Waals surface area contributed by atoms with Crippen molar-refractivity contribution in [2.75, 3.05) is 0 Å². The molecular formula is C16H22. The minimum Gasteiger partial charge on any atom is -0.0968 e. The number of fused-ring (bicyclic) bond motifs is 1. The second-order valence-electron chi connectivity index (χ2n) is 6.33. The lowest BCUT2D eigenvalue weighted by atomic mass is 9.92. The molecule has 0 heterocycles. The Hall–Kier alpha value is -1.22. The van der Waals surface area contributed by atoms with Crippen LogP contribution in [0.2, 0.25) is 0 Å². The van der Waals surface area contributed by atoms with Gasteiger partial charge in [0.15, 0.2) is 0 Å². The summed E-state index contributed by atoms with van der Waals surface area (Å²) in [6, 6.07) is 8.48. The van der Waals surface area contributed by atoms with Gasteiger partial charge in [-0.1, -0.05) is 30.0 Å². The summed E-state index contributed by atoms with van der Waals surface area (Å²) in [6.07, 6.45) is 0. The molecule has 0 N–H and O–H groups in total. The van der Waals surface area contributed by atoms with E-state index in [0.717, 1.165) is 0 Å². The summed E-state index contributed by atoms with van der Waals surface area (Å²) in [4.78, 5) is 0. The van der Waals surface area contributed by atoms with Crippen LogP contribution in [-0.4, -0.2) is 0 Å². The molecule has 0 heteroatoms. The van der Waals surface area contributed by atoms with E-state index in [4.69, 9.17) is 0 Å². The maximum absolute atomic E-state index is 3.21. The van der Waals surface area contributed by atoms with Gasteiger partial charge in [-0.3, -0.25) is 0 Å². The molecule has 0 saturated carbocycles. The largest absolute Gasteiger partial charge is 0.0968 e. The predicted octanol–water partition coefficient (Wildman–Crippen LogP) is 4.75. The molecule has 0 aromatic heterocycles. The second-order valence-corrected chi connectivity index (χ2v) is 6.33. The Bertz CT molecular complexity index is 379. The lowest BCUT2D eigenvalue weighted by Crippen LogP contribution is -2.05. The minimum absolute atomic E-state index is 0.146. The Morgan fingerprint density at radius 1 is 0.750 bits per heavy atom. The van der Waals surface area contributed by atoms with Gasteiger partial charge in [0.25, 0.3) is 0 Å². The summed E-state index contributed by atoms with van der Waals surface area (Å²) in [7, 11) is 0. The maximum Gasteiger partial charge on any atom is 0.0230 e. The van der Waals surface area contributed by atoms with E-state index in [2.05, 4.69) is 77.6 Å². The third-order valence-corrected chi connectivity index (χ3v) is 1.93. The third-order valence-electron chi connectivity index (χ3n) is 1.93. The van der Waals surface area contributed by atoms with E-state index >= 15 is 0 Å². The van der Waals surface area contributed by atoms with Gasteiger partial charge in [0.2, 0.25) is 0 Å². The highest BCUT2D eigenvalue weighted by Crippen LogP contribution is 2.32. The minimum atomic E-state index is 0.146. The smallest absolute Gasteiger partial charge is 0.0230 e. The number of hydrogen-bond donors (Lipinski definition) is 0. The first-order valence-electron chi connectivity index (χ1n) is 5.82. The first kappa shape index (κ1) is 12.8. The van der Waals surface area contributed by atoms with Crippen LogP contribution in [0, 0.1) is 22.7 Å². The van der Waals surface area contributed by atoms with Crippen LogP contribution in [0.25, 0.3) is 11.1 Å². The number of rotatable bonds is 0. The highest BCUT2D eigenvalue weighted by Gasteiger charge is 2.08. The van der Waals surface area contributed by atoms with Gasteiger partial charge >= 0.3 is 0 Å². The van der Waals surface area contributed by atoms with Crippen molar-refractivity contribution in [1.82, 2.24) is 0 Å². The van der Waals surface area contributed by atoms with Crippen LogP contribution in [0.15, 0.2) is 24.3 Å². The van der Waals surface area contributed by atoms with E-state index in [-0.39, 0.29) is 10.8 Å². The molecule has 0 aromatic carbocycles. The zero-order valence-corrected chi connectivity index (χ0v) is 11.3. The van der Waals surface area contributed by atoms with Gasteiger partial charge in [-0.05, 0) is 58.7 Å². The molecule has 0 atom stereocenters. The second kappa shape index (κ2) is 4.34. The molecule has 0 fully saturated rings. The van der Waals surface area contributed by atoms with Crippen LogP contribution in [0.1, 0.15) is 41.5 Å². The van der Waals surface area contributed by atoms with E-state index < -0.39 is 0 Å². The van der Waals surface area contributed by atoms with E-state index in [1.54, 1.807) is 0 Å². The summed E-state index contributed by atoms with van der Waals surface area (Å²) in [6.45, 7) is 12.8. The molecule has 0 bridgehead atoms. The molecule has 16 heavy (non-hydrogen) atoms. The standard InChI is InChI=1S/C10H18.C6H4/c1-9(2,3)7-8-10(4,5)6;1-2-5-4-6(5)3-1/h1-6H3;1-4H. The van der Waals surface area contributed by atoms with Crippen LogP contribution in [0.3, 0.4) is 0 Å². The van der Waals surface area contributed by atoms with Crippen molar-refractivity contribution < 1.29 is 0 Å². The zero-order valence-electron chi connectivity index (χ0n) is 11.3. The lowest BCUT2D eigenvalue weighted by molar-refractivity contribution is 0.543. The van der Waals surface area contributed by atoms with Crippen molar-refractivity contribution >= 4 is 0 Å². The monoisotopic (exact) mass is 214 g/mol. The maximum atomic E-state index is 3.21. The van der Waals surface area contributed by atoms with Gasteiger partial charge in [0.1, 0.15) is 0 Å². The molecular weight excluding hydrogens is 192 g/mol. The van der Waals surface area contributed by atoms with Crippen molar-refractivity contribution in [3.8, 4) is 23.0 Å². The molecule has 2 aliphatic carbocycles. The molecule has 86 valence electrons. The zero-order chi connectivity index (χ0) is 12.4. The van der Waals surface area contributed by atoms with Gasteiger partial charge < -0.3 is 0 Å². The molecule has 2 rings (SSSR count). The van der Waals surface area contributed by atoms with Gasteiger partial charge in [-0.25, -0.2) is 0 Å². The van der Waals surface area contributed by atoms with Crippen LogP contribution in [-0.2, 0) is 0 Å². The molecule has 0 spiro atoms. The lowest BCUT2D eigenvalue weighted by Gasteiger charge is -2.12. The average molecular weight is 214 g/mol. The molecule has 0 amide bonds. The van der Waals surface area contributed by atoms with E-state index in [1.807, 2.05) is 0 Å². The fourth-order valence-corrected chi connectivity index (χ4v) is 1.05. The van der Waals surface area contributed by atoms with Crippen LogP contribution in [0.5, 0.6) is 0 Å². The van der Waals surface area contributed by atoms with Crippen molar-refractivity contribution in [3.63, 3.8) is 0 Å². The molecule has 0 aliphatic heterocycles. The van der Waals surface area contributed by atoms with Gasteiger partial charge in [-0.15, -0.1) is 0 Å². The summed E-state index contributed by atoms with van der Waals surface area (Å²) in [5, 5.41) is 0. The number of hydrogen-bond acceptors (Lipinski definition) is 0. The summed E-state index contributed by atoms with van der Waals surface area (Å²) >= 11 is 0. The van der Waals surface area contributed by atoms with Crippen molar-refractivity contribution in [2.24, 2.45) is 10.8 Å². The van der Waals surface area contributed by atoms with Crippen LogP contribution < -0.4 is 0 Å². The normalized spacial score (nSPS) is 11.9. The predicted molar refractivity (Wildman–Crippen MR) is 72.1 cm³/mol. The van der Waals surface area contributed by atoms with Gasteiger partial charge in [0, 0.05) is 10.8 Å². The molecule has 0 radical (unpaired) electrons. The van der Waals surface area contributed by atoms with Crippen LogP contribution >= 0.6 is 0 Å². The van der Waals surface area contributed by atoms with Crippen LogP contribution in [0.4, 0.5) is 0 Å². The first-order valence-corrected chi connectivity index (χ1v) is 5.82. The Morgan fingerprint density at radius 2 is 1.12 bits per heavy atom. The fourth-order valence-electron chi connectivity index (χ4n) is 1.05. The Morgan fingerprint density at radius 3 is 1.25 bits per heavy atom. The Labute approximate surface area is 100 Å². The molecule has 0 aromatic rings. The highest BCUT2D eigenvalue weighted by atomic mass is 14.1. The third kappa shape index (κ3) is 5.61. The van der Waals surface area contributed by atoms with Gasteiger partial charge in [0.05, 0.1) is 0 Å². The molecule has 2 aliphatic rings. The van der Waals surface area contributed by atoms with Crippen molar-refractivity contribution in [3.05, 3.63) is 24.3 Å². The molecule has 0 unspecified atom stereocenters. The average Bonchev–Trinajstić information content (AvgIpc) is 2.70. The topological polar surface area (TPSA) is 0 Å². The summed E-state index contributed by atoms with van der Waals surface area (Å²) in [5.41, 5.74) is 3.14. The van der Waals surface area contributed by atoms with Gasteiger partial charge in [-0.2, -0.15) is 0 Å². The Balaban J connectivity index is 0.000000176. The quantitative estimate of drug-likeness (QED) is 0.555. The molecule has 0 saturated heterocycles. The summed E-state index contributed by atoms with van der Waals surface area (Å²) < 4.78 is 0. The van der Waals surface area contributed by atoms with E-state index in [1.165, 1.54) is 11.1 Å². The number of benzene rings is 1. The SMILES string of the molecule is CC(C)(C)C#CC(C)(C)C.c1cc2cc-2c1. The first-order chi connectivity index (χ1) is 7.17. The molecule has 0 nitrogen and oxygen atoms in total. The van der Waals surface area contributed by atoms with Crippen molar-refractivity contribution in [1.29, 1.82) is 0 Å². The van der Waals surface area contributed by atoms with E-state index in [9.17, 15) is 0 Å². The Kier molecular flexibility index (Phi) is 3.48. The fraction of sp³-hybridized carbons (Fsp3) is 0.500.